The van der Waals surface area contributed by atoms with Crippen LogP contribution >= 0.6 is 80.8 Å². The predicted octanol–water partition coefficient (Wildman–Crippen LogP) is 11.1. The van der Waals surface area contributed by atoms with Gasteiger partial charge >= 0.3 is 0 Å². The molecule has 0 unspecified atom stereocenters. The number of nitriles is 2. The van der Waals surface area contributed by atoms with Crippen molar-refractivity contribution >= 4 is 127 Å². The van der Waals surface area contributed by atoms with Gasteiger partial charge in [0, 0.05) is 73.3 Å². The highest BCUT2D eigenvalue weighted by Gasteiger charge is 2.25. The van der Waals surface area contributed by atoms with Gasteiger partial charge in [-0.15, -0.1) is 68.0 Å². The number of hydrogen-bond acceptors (Lipinski definition) is 13. The zero-order chi connectivity index (χ0) is 32.3. The number of thiophene rings is 4. The Morgan fingerprint density at radius 1 is 0.660 bits per heavy atom. The summed E-state index contributed by atoms with van der Waals surface area (Å²) in [6.07, 6.45) is 11.2. The van der Waals surface area contributed by atoms with Crippen LogP contribution in [-0.2, 0) is 0 Å². The monoisotopic (exact) mass is 734 g/mol. The van der Waals surface area contributed by atoms with Crippen molar-refractivity contribution in [3.63, 3.8) is 0 Å². The van der Waals surface area contributed by atoms with Gasteiger partial charge in [-0.2, -0.15) is 10.5 Å². The second-order valence-electron chi connectivity index (χ2n) is 9.73. The maximum absolute atomic E-state index is 9.61. The molecule has 0 bridgehead atoms. The summed E-state index contributed by atoms with van der Waals surface area (Å²) in [6, 6.07) is 20.9. The van der Waals surface area contributed by atoms with E-state index in [-0.39, 0.29) is 0 Å². The molecule has 6 heterocycles. The number of rotatable bonds is 8. The van der Waals surface area contributed by atoms with Crippen LogP contribution in [0.4, 0.5) is 0 Å². The second-order valence-corrected chi connectivity index (χ2v) is 16.1. The number of allylic oxidation sites excluding steroid dienone is 6. The summed E-state index contributed by atoms with van der Waals surface area (Å²) in [7, 11) is 0. The van der Waals surface area contributed by atoms with Gasteiger partial charge in [0.25, 0.3) is 0 Å². The topological polar surface area (TPSA) is 110 Å². The molecule has 47 heavy (non-hydrogen) atoms. The van der Waals surface area contributed by atoms with Gasteiger partial charge in [0.15, 0.2) is 0 Å². The van der Waals surface area contributed by atoms with Crippen molar-refractivity contribution in [1.82, 2.24) is 9.97 Å². The molecule has 0 spiro atoms. The first-order valence-corrected chi connectivity index (χ1v) is 19.1. The number of nitrogens with zero attached hydrogens (tertiary/aromatic N) is 5. The third kappa shape index (κ3) is 6.48. The zero-order valence-corrected chi connectivity index (χ0v) is 29.7. The van der Waals surface area contributed by atoms with Gasteiger partial charge in [-0.3, -0.25) is 5.41 Å². The van der Waals surface area contributed by atoms with Crippen molar-refractivity contribution in [3.8, 4) is 31.6 Å². The normalized spacial score (nSPS) is 14.6. The quantitative estimate of drug-likeness (QED) is 0.0921. The molecule has 0 atom stereocenters. The van der Waals surface area contributed by atoms with Crippen LogP contribution in [-0.4, -0.2) is 21.4 Å². The SMILES string of the molecule is N#C/C(=C\c1ccc(-c2ccc(C3=CC=C(c4ccc(-c5ccc(/C=C(\C#N)c6nccs6)s5)s4)/C(=N/S)C3=N)s2)s1)c1nccs1. The highest BCUT2D eigenvalue weighted by molar-refractivity contribution is 7.79. The van der Waals surface area contributed by atoms with Crippen molar-refractivity contribution < 1.29 is 0 Å². The van der Waals surface area contributed by atoms with Crippen LogP contribution in [0.1, 0.15) is 29.5 Å². The van der Waals surface area contributed by atoms with Crippen LogP contribution in [0.2, 0.25) is 0 Å². The van der Waals surface area contributed by atoms with Crippen LogP contribution in [0.25, 0.3) is 54.0 Å². The lowest BCUT2D eigenvalue weighted by atomic mass is 9.92. The summed E-state index contributed by atoms with van der Waals surface area (Å²) in [4.78, 5) is 16.8. The molecular formula is C34H18N6S7. The molecule has 13 heteroatoms. The minimum Gasteiger partial charge on any atom is -0.298 e. The number of thiol groups is 1. The van der Waals surface area contributed by atoms with Crippen LogP contribution in [0.3, 0.4) is 0 Å². The average Bonchev–Trinajstić information content (AvgIpc) is 3.94. The Bertz CT molecular complexity index is 2350. The summed E-state index contributed by atoms with van der Waals surface area (Å²) in [6.45, 7) is 0. The van der Waals surface area contributed by atoms with Crippen LogP contribution in [0, 0.1) is 28.1 Å². The lowest BCUT2D eigenvalue weighted by molar-refractivity contribution is 1.38. The minimum atomic E-state index is 0.326. The molecule has 7 rings (SSSR count). The van der Waals surface area contributed by atoms with E-state index in [0.29, 0.717) is 32.6 Å². The summed E-state index contributed by atoms with van der Waals surface area (Å²) < 4.78 is 4.25. The van der Waals surface area contributed by atoms with E-state index in [1.165, 1.54) is 22.7 Å². The minimum absolute atomic E-state index is 0.326. The van der Waals surface area contributed by atoms with E-state index in [2.05, 4.69) is 69.7 Å². The third-order valence-corrected chi connectivity index (χ3v) is 13.4. The van der Waals surface area contributed by atoms with E-state index in [1.54, 1.807) is 57.7 Å². The van der Waals surface area contributed by atoms with Gasteiger partial charge in [0.2, 0.25) is 0 Å². The number of hydrogen-bond donors (Lipinski definition) is 2. The van der Waals surface area contributed by atoms with E-state index in [4.69, 9.17) is 5.41 Å². The second kappa shape index (κ2) is 13.8. The molecule has 0 aromatic carbocycles. The fourth-order valence-corrected chi connectivity index (χ4v) is 10.3. The standard InChI is InChI=1S/C34H18N6S7/c35-17-19(33-38-11-13-42-33)15-21-1-5-27(44-21)29-9-7-25(46-29)23-3-4-24(32(40-41)31(23)37)26-8-10-30(47-26)28-6-2-22(45-28)16-20(18-36)34-39-12-14-43-34/h1-16,37,41H/b19-15+,20-16+,37-31?,40-32-. The van der Waals surface area contributed by atoms with Gasteiger partial charge < -0.3 is 0 Å². The van der Waals surface area contributed by atoms with Crippen molar-refractivity contribution in [2.45, 2.75) is 0 Å². The van der Waals surface area contributed by atoms with Crippen LogP contribution in [0.5, 0.6) is 0 Å². The summed E-state index contributed by atoms with van der Waals surface area (Å²) in [5, 5.41) is 33.4. The van der Waals surface area contributed by atoms with Gasteiger partial charge in [-0.25, -0.2) is 14.4 Å². The number of aromatic nitrogens is 2. The molecule has 0 amide bonds. The molecule has 0 fully saturated rings. The number of nitrogens with one attached hydrogen (secondary N) is 1. The van der Waals surface area contributed by atoms with Gasteiger partial charge in [-0.1, -0.05) is 12.2 Å². The highest BCUT2D eigenvalue weighted by atomic mass is 32.1. The maximum atomic E-state index is 9.61. The fourth-order valence-electron chi connectivity index (χ4n) is 4.74. The fraction of sp³-hybridized carbons (Fsp3) is 0. The molecule has 6 aromatic heterocycles. The Labute approximate surface area is 299 Å². The Kier molecular flexibility index (Phi) is 9.20. The largest absolute Gasteiger partial charge is 0.298 e. The molecule has 6 nitrogen and oxygen atoms in total. The van der Waals surface area contributed by atoms with Crippen molar-refractivity contribution in [3.05, 3.63) is 113 Å². The molecule has 1 N–H and O–H groups in total. The van der Waals surface area contributed by atoms with E-state index in [0.717, 1.165) is 50.2 Å². The van der Waals surface area contributed by atoms with E-state index in [1.807, 2.05) is 53.3 Å². The van der Waals surface area contributed by atoms with Crippen LogP contribution in [0.15, 0.2) is 88.2 Å². The third-order valence-electron chi connectivity index (χ3n) is 6.90. The van der Waals surface area contributed by atoms with Gasteiger partial charge in [0.1, 0.15) is 27.9 Å². The Hall–Kier alpha value is -4.31. The smallest absolute Gasteiger partial charge is 0.133 e. The first-order chi connectivity index (χ1) is 23.0. The first kappa shape index (κ1) is 31.3. The summed E-state index contributed by atoms with van der Waals surface area (Å²) in [5.74, 6) is 0. The molecule has 226 valence electrons. The average molecular weight is 735 g/mol. The summed E-state index contributed by atoms with van der Waals surface area (Å²) >= 11 is 13.7. The molecule has 0 saturated carbocycles. The highest BCUT2D eigenvalue weighted by Crippen LogP contribution is 2.41. The molecule has 0 saturated heterocycles. The Balaban J connectivity index is 1.12. The lowest BCUT2D eigenvalue weighted by Gasteiger charge is -2.16. The maximum Gasteiger partial charge on any atom is 0.133 e. The lowest BCUT2D eigenvalue weighted by Crippen LogP contribution is -2.18. The van der Waals surface area contributed by atoms with E-state index < -0.39 is 0 Å². The number of thiazole rings is 2. The Morgan fingerprint density at radius 3 is 1.57 bits per heavy atom. The summed E-state index contributed by atoms with van der Waals surface area (Å²) in [5.41, 5.74) is 3.61. The van der Waals surface area contributed by atoms with Crippen molar-refractivity contribution in [2.75, 3.05) is 0 Å². The molecular weight excluding hydrogens is 717 g/mol. The van der Waals surface area contributed by atoms with Crippen LogP contribution < -0.4 is 0 Å². The molecule has 0 radical (unpaired) electrons. The van der Waals surface area contributed by atoms with Gasteiger partial charge in [-0.05, 0) is 73.5 Å². The molecule has 0 aliphatic heterocycles. The molecule has 1 aliphatic carbocycles. The van der Waals surface area contributed by atoms with Crippen molar-refractivity contribution in [2.24, 2.45) is 4.40 Å². The Morgan fingerprint density at radius 2 is 1.11 bits per heavy atom. The first-order valence-electron chi connectivity index (χ1n) is 13.7. The van der Waals surface area contributed by atoms with Gasteiger partial charge in [0.05, 0.1) is 16.9 Å². The predicted molar refractivity (Wildman–Crippen MR) is 207 cm³/mol. The zero-order valence-electron chi connectivity index (χ0n) is 23.9. The molecule has 6 aromatic rings. The van der Waals surface area contributed by atoms with E-state index in [9.17, 15) is 10.5 Å². The van der Waals surface area contributed by atoms with E-state index >= 15 is 0 Å². The van der Waals surface area contributed by atoms with Crippen molar-refractivity contribution in [1.29, 1.82) is 15.9 Å². The molecule has 1 aliphatic rings.